The first-order valence-corrected chi connectivity index (χ1v) is 8.10. The number of imidazole rings is 1. The highest BCUT2D eigenvalue weighted by molar-refractivity contribution is 5.94. The van der Waals surface area contributed by atoms with E-state index in [1.807, 2.05) is 12.1 Å². The molecule has 27 heavy (non-hydrogen) atoms. The van der Waals surface area contributed by atoms with Crippen molar-refractivity contribution < 1.29 is 31.5 Å². The monoisotopic (exact) mass is 390 g/mol. The molecule has 146 valence electrons. The molecule has 0 fully saturated rings. The van der Waals surface area contributed by atoms with Gasteiger partial charge in [0.25, 0.3) is 11.8 Å². The summed E-state index contributed by atoms with van der Waals surface area (Å²) in [7, 11) is 0. The van der Waals surface area contributed by atoms with E-state index in [9.17, 15) is 31.5 Å². The van der Waals surface area contributed by atoms with Crippen LogP contribution in [0.1, 0.15) is 29.0 Å². The highest BCUT2D eigenvalue weighted by Crippen LogP contribution is 2.35. The normalized spacial score (nSPS) is 14.7. The molecular weight excluding hydrogens is 375 g/mol. The molecule has 0 atom stereocenters. The van der Waals surface area contributed by atoms with E-state index in [0.29, 0.717) is 24.3 Å². The molecule has 0 saturated heterocycles. The molecule has 0 bridgehead atoms. The van der Waals surface area contributed by atoms with Crippen LogP contribution < -0.4 is 5.32 Å². The van der Waals surface area contributed by atoms with Gasteiger partial charge in [-0.2, -0.15) is 22.0 Å². The van der Waals surface area contributed by atoms with E-state index < -0.39 is 18.0 Å². The summed E-state index contributed by atoms with van der Waals surface area (Å²) in [5.41, 5.74) is 1.92. The maximum Gasteiger partial charge on any atom is 0.463 e. The second kappa shape index (κ2) is 6.78. The molecule has 0 aliphatic carbocycles. The molecule has 2 aromatic rings. The molecule has 0 unspecified atom stereocenters. The van der Waals surface area contributed by atoms with Gasteiger partial charge in [-0.1, -0.05) is 6.07 Å². The summed E-state index contributed by atoms with van der Waals surface area (Å²) in [4.78, 5) is 29.1. The van der Waals surface area contributed by atoms with Gasteiger partial charge in [0, 0.05) is 18.8 Å². The smallest absolute Gasteiger partial charge is 0.351 e. The number of hydrogen-bond donors (Lipinski definition) is 1. The first-order chi connectivity index (χ1) is 12.6. The average Bonchev–Trinajstić information content (AvgIpc) is 3.03. The Morgan fingerprint density at radius 3 is 2.63 bits per heavy atom. The van der Waals surface area contributed by atoms with Gasteiger partial charge in [-0.3, -0.25) is 14.0 Å². The number of carbonyl (C=O) groups excluding carboxylic acids is 2. The number of nitrogens with zero attached hydrogens (tertiary/aromatic N) is 3. The number of carbonyl (C=O) groups is 2. The summed E-state index contributed by atoms with van der Waals surface area (Å²) in [5, 5.41) is 1.58. The van der Waals surface area contributed by atoms with Crippen LogP contribution in [0.5, 0.6) is 0 Å². The van der Waals surface area contributed by atoms with Crippen molar-refractivity contribution in [1.82, 2.24) is 19.6 Å². The number of halogens is 5. The van der Waals surface area contributed by atoms with Crippen LogP contribution >= 0.6 is 0 Å². The zero-order valence-corrected chi connectivity index (χ0v) is 13.9. The topological polar surface area (TPSA) is 66.7 Å². The molecule has 1 aliphatic heterocycles. The molecule has 0 saturated carbocycles. The van der Waals surface area contributed by atoms with Gasteiger partial charge in [0.1, 0.15) is 11.3 Å². The third-order valence-corrected chi connectivity index (χ3v) is 4.25. The van der Waals surface area contributed by atoms with Crippen LogP contribution in [0.2, 0.25) is 0 Å². The molecule has 11 heteroatoms. The standard InChI is InChI=1S/C16H15F5N4O2/c17-15(18,16(19,20)21)14(27)22-6-1-2-7-24-9-10-4-3-5-12-23-8-11(13(24)26)25(10)12/h3-5,8H,1-2,6-7,9H2,(H,22,27). The van der Waals surface area contributed by atoms with Gasteiger partial charge in [-0.05, 0) is 25.0 Å². The van der Waals surface area contributed by atoms with E-state index in [2.05, 4.69) is 4.98 Å². The minimum atomic E-state index is -5.93. The van der Waals surface area contributed by atoms with Crippen LogP contribution in [0.4, 0.5) is 22.0 Å². The predicted molar refractivity (Wildman–Crippen MR) is 83.2 cm³/mol. The molecule has 1 aliphatic rings. The number of unbranched alkanes of at least 4 members (excludes halogenated alkanes) is 1. The summed E-state index contributed by atoms with van der Waals surface area (Å²) >= 11 is 0. The Balaban J connectivity index is 1.49. The summed E-state index contributed by atoms with van der Waals surface area (Å²) in [5.74, 6) is -8.04. The minimum Gasteiger partial charge on any atom is -0.351 e. The maximum absolute atomic E-state index is 12.8. The quantitative estimate of drug-likeness (QED) is 0.609. The molecule has 2 aromatic heterocycles. The van der Waals surface area contributed by atoms with Gasteiger partial charge in [-0.15, -0.1) is 0 Å². The van der Waals surface area contributed by atoms with Crippen LogP contribution in [-0.2, 0) is 11.3 Å². The van der Waals surface area contributed by atoms with Gasteiger partial charge < -0.3 is 10.2 Å². The molecule has 1 N–H and O–H groups in total. The fraction of sp³-hybridized carbons (Fsp3) is 0.438. The highest BCUT2D eigenvalue weighted by Gasteiger charge is 2.63. The zero-order chi connectivity index (χ0) is 19.8. The van der Waals surface area contributed by atoms with Crippen LogP contribution in [0.25, 0.3) is 5.65 Å². The van der Waals surface area contributed by atoms with E-state index in [1.165, 1.54) is 11.1 Å². The van der Waals surface area contributed by atoms with Gasteiger partial charge in [0.2, 0.25) is 0 Å². The van der Waals surface area contributed by atoms with Crippen molar-refractivity contribution in [1.29, 1.82) is 0 Å². The van der Waals surface area contributed by atoms with Gasteiger partial charge in [-0.25, -0.2) is 4.98 Å². The number of pyridine rings is 1. The van der Waals surface area contributed by atoms with E-state index in [-0.39, 0.29) is 25.4 Å². The zero-order valence-electron chi connectivity index (χ0n) is 13.9. The molecule has 0 spiro atoms. The Bertz CT molecular complexity index is 877. The highest BCUT2D eigenvalue weighted by atomic mass is 19.4. The molecule has 3 heterocycles. The molecule has 2 amide bonds. The number of rotatable bonds is 6. The number of nitrogens with one attached hydrogen (secondary N) is 1. The number of alkyl halides is 5. The Morgan fingerprint density at radius 1 is 1.19 bits per heavy atom. The number of aromatic nitrogens is 2. The summed E-state index contributed by atoms with van der Waals surface area (Å²) < 4.78 is 63.6. The van der Waals surface area contributed by atoms with Crippen molar-refractivity contribution in [2.75, 3.05) is 13.1 Å². The fourth-order valence-electron chi connectivity index (χ4n) is 2.86. The van der Waals surface area contributed by atoms with Crippen molar-refractivity contribution in [3.05, 3.63) is 35.8 Å². The van der Waals surface area contributed by atoms with E-state index in [0.717, 1.165) is 5.69 Å². The van der Waals surface area contributed by atoms with Gasteiger partial charge in [0.05, 0.1) is 12.7 Å². The summed E-state index contributed by atoms with van der Waals surface area (Å²) in [6.45, 7) is 0.254. The first-order valence-electron chi connectivity index (χ1n) is 8.10. The van der Waals surface area contributed by atoms with E-state index in [1.54, 1.807) is 15.8 Å². The summed E-state index contributed by atoms with van der Waals surface area (Å²) in [6.07, 6.45) is -3.99. The van der Waals surface area contributed by atoms with Crippen LogP contribution in [0.3, 0.4) is 0 Å². The van der Waals surface area contributed by atoms with E-state index >= 15 is 0 Å². The third kappa shape index (κ3) is 3.45. The minimum absolute atomic E-state index is 0.146. The average molecular weight is 390 g/mol. The molecule has 0 aromatic carbocycles. The second-order valence-electron chi connectivity index (χ2n) is 6.12. The fourth-order valence-corrected chi connectivity index (χ4v) is 2.86. The molecule has 3 rings (SSSR count). The van der Waals surface area contributed by atoms with Crippen molar-refractivity contribution in [3.8, 4) is 0 Å². The van der Waals surface area contributed by atoms with Crippen molar-refractivity contribution >= 4 is 17.5 Å². The van der Waals surface area contributed by atoms with Crippen LogP contribution in [-0.4, -0.2) is 51.3 Å². The first kappa shape index (κ1) is 19.1. The van der Waals surface area contributed by atoms with Crippen LogP contribution in [0, 0.1) is 0 Å². The Hall–Kier alpha value is -2.72. The van der Waals surface area contributed by atoms with E-state index in [4.69, 9.17) is 0 Å². The maximum atomic E-state index is 12.8. The largest absolute Gasteiger partial charge is 0.463 e. The molecular formula is C16H15F5N4O2. The van der Waals surface area contributed by atoms with Crippen molar-refractivity contribution in [3.63, 3.8) is 0 Å². The lowest BCUT2D eigenvalue weighted by Crippen LogP contribution is -2.50. The van der Waals surface area contributed by atoms with Crippen LogP contribution in [0.15, 0.2) is 24.4 Å². The second-order valence-corrected chi connectivity index (χ2v) is 6.12. The Labute approximate surface area is 150 Å². The van der Waals surface area contributed by atoms with Gasteiger partial charge >= 0.3 is 12.1 Å². The Morgan fingerprint density at radius 2 is 1.93 bits per heavy atom. The van der Waals surface area contributed by atoms with Gasteiger partial charge in [0.15, 0.2) is 0 Å². The third-order valence-electron chi connectivity index (χ3n) is 4.25. The Kier molecular flexibility index (Phi) is 4.79. The lowest BCUT2D eigenvalue weighted by atomic mass is 10.2. The lowest BCUT2D eigenvalue weighted by molar-refractivity contribution is -0.269. The number of amides is 2. The SMILES string of the molecule is O=C1c2cnc3cccc(n23)CN1CCCCNC(=O)C(F)(F)C(F)(F)F. The lowest BCUT2D eigenvalue weighted by Gasteiger charge is -2.27. The summed E-state index contributed by atoms with van der Waals surface area (Å²) in [6, 6.07) is 5.43. The number of hydrogen-bond acceptors (Lipinski definition) is 3. The predicted octanol–water partition coefficient (Wildman–Crippen LogP) is 2.38. The molecule has 0 radical (unpaired) electrons. The van der Waals surface area contributed by atoms with Crippen molar-refractivity contribution in [2.24, 2.45) is 0 Å². The van der Waals surface area contributed by atoms with Crippen molar-refractivity contribution in [2.45, 2.75) is 31.5 Å². The molecule has 6 nitrogen and oxygen atoms in total.